The molecule has 0 bridgehead atoms. The van der Waals surface area contributed by atoms with Crippen LogP contribution in [0.3, 0.4) is 0 Å². The number of ether oxygens (including phenoxy) is 1. The predicted octanol–water partition coefficient (Wildman–Crippen LogP) is 3.75. The lowest BCUT2D eigenvalue weighted by Crippen LogP contribution is -2.43. The van der Waals surface area contributed by atoms with E-state index in [0.29, 0.717) is 12.0 Å². The van der Waals surface area contributed by atoms with Crippen molar-refractivity contribution in [1.82, 2.24) is 15.2 Å². The van der Waals surface area contributed by atoms with Gasteiger partial charge in [-0.3, -0.25) is 0 Å². The molecule has 5 nitrogen and oxygen atoms in total. The normalized spacial score (nSPS) is 18.0. The highest BCUT2D eigenvalue weighted by molar-refractivity contribution is 7.09. The first-order chi connectivity index (χ1) is 10.8. The fourth-order valence-electron chi connectivity index (χ4n) is 2.81. The number of thiazole rings is 1. The molecule has 2 heterocycles. The second kappa shape index (κ2) is 7.62. The predicted molar refractivity (Wildman–Crippen MR) is 93.8 cm³/mol. The average molecular weight is 340 g/mol. The van der Waals surface area contributed by atoms with Crippen molar-refractivity contribution in [2.75, 3.05) is 19.6 Å². The van der Waals surface area contributed by atoms with Gasteiger partial charge < -0.3 is 15.0 Å². The number of amides is 1. The van der Waals surface area contributed by atoms with Crippen molar-refractivity contribution in [3.05, 3.63) is 16.1 Å². The fourth-order valence-corrected chi connectivity index (χ4v) is 3.64. The molecule has 23 heavy (non-hydrogen) atoms. The SMILES string of the molecule is Cc1ncsc1C(C)NCC1CCN(C(=O)OC(C)(C)C)CC1. The zero-order chi connectivity index (χ0) is 17.0. The molecule has 1 N–H and O–H groups in total. The second-order valence-corrected chi connectivity index (χ2v) is 8.23. The Morgan fingerprint density at radius 3 is 2.65 bits per heavy atom. The Bertz CT molecular complexity index is 516. The van der Waals surface area contributed by atoms with E-state index in [1.165, 1.54) is 4.88 Å². The fraction of sp³-hybridized carbons (Fsp3) is 0.765. The Kier molecular flexibility index (Phi) is 6.03. The third-order valence-corrected chi connectivity index (χ3v) is 5.27. The molecule has 1 aromatic heterocycles. The van der Waals surface area contributed by atoms with E-state index in [-0.39, 0.29) is 6.09 Å². The number of aryl methyl sites for hydroxylation is 1. The molecule has 1 atom stereocenters. The zero-order valence-electron chi connectivity index (χ0n) is 14.9. The van der Waals surface area contributed by atoms with Gasteiger partial charge in [-0.05, 0) is 59.9 Å². The highest BCUT2D eigenvalue weighted by Gasteiger charge is 2.27. The van der Waals surface area contributed by atoms with Crippen molar-refractivity contribution >= 4 is 17.4 Å². The maximum absolute atomic E-state index is 12.1. The van der Waals surface area contributed by atoms with E-state index in [1.54, 1.807) is 11.3 Å². The molecule has 6 heteroatoms. The van der Waals surface area contributed by atoms with E-state index >= 15 is 0 Å². The van der Waals surface area contributed by atoms with Crippen LogP contribution in [0.1, 0.15) is 57.1 Å². The van der Waals surface area contributed by atoms with E-state index in [4.69, 9.17) is 4.74 Å². The maximum atomic E-state index is 12.1. The first kappa shape index (κ1) is 18.2. The summed E-state index contributed by atoms with van der Waals surface area (Å²) in [6, 6.07) is 0.339. The molecule has 1 aromatic rings. The van der Waals surface area contributed by atoms with Gasteiger partial charge >= 0.3 is 6.09 Å². The van der Waals surface area contributed by atoms with Crippen molar-refractivity contribution in [1.29, 1.82) is 0 Å². The summed E-state index contributed by atoms with van der Waals surface area (Å²) < 4.78 is 5.44. The van der Waals surface area contributed by atoms with Gasteiger partial charge in [0.15, 0.2) is 0 Å². The van der Waals surface area contributed by atoms with Gasteiger partial charge in [-0.2, -0.15) is 0 Å². The smallest absolute Gasteiger partial charge is 0.410 e. The van der Waals surface area contributed by atoms with Gasteiger partial charge in [0.2, 0.25) is 0 Å². The average Bonchev–Trinajstić information content (AvgIpc) is 2.90. The van der Waals surface area contributed by atoms with Crippen molar-refractivity contribution in [3.8, 4) is 0 Å². The van der Waals surface area contributed by atoms with Gasteiger partial charge in [-0.1, -0.05) is 0 Å². The Labute approximate surface area is 143 Å². The van der Waals surface area contributed by atoms with Gasteiger partial charge in [0.05, 0.1) is 11.2 Å². The number of nitrogens with one attached hydrogen (secondary N) is 1. The van der Waals surface area contributed by atoms with E-state index in [9.17, 15) is 4.79 Å². The van der Waals surface area contributed by atoms with Crippen LogP contribution in [0.4, 0.5) is 4.79 Å². The van der Waals surface area contributed by atoms with Gasteiger partial charge in [-0.25, -0.2) is 9.78 Å². The molecule has 1 saturated heterocycles. The minimum absolute atomic E-state index is 0.183. The third-order valence-electron chi connectivity index (χ3n) is 4.15. The summed E-state index contributed by atoms with van der Waals surface area (Å²) in [5.41, 5.74) is 2.61. The van der Waals surface area contributed by atoms with Crippen LogP contribution in [-0.4, -0.2) is 41.2 Å². The van der Waals surface area contributed by atoms with Crippen LogP contribution in [0.15, 0.2) is 5.51 Å². The van der Waals surface area contributed by atoms with Crippen molar-refractivity contribution in [2.24, 2.45) is 5.92 Å². The van der Waals surface area contributed by atoms with E-state index in [1.807, 2.05) is 31.2 Å². The quantitative estimate of drug-likeness (QED) is 0.908. The molecule has 2 rings (SSSR count). The van der Waals surface area contributed by atoms with Crippen LogP contribution in [0.2, 0.25) is 0 Å². The molecule has 0 aliphatic carbocycles. The zero-order valence-corrected chi connectivity index (χ0v) is 15.7. The number of carbonyl (C=O) groups excluding carboxylic acids is 1. The summed E-state index contributed by atoms with van der Waals surface area (Å²) in [7, 11) is 0. The summed E-state index contributed by atoms with van der Waals surface area (Å²) in [4.78, 5) is 19.5. The number of carbonyl (C=O) groups is 1. The number of rotatable bonds is 4. The van der Waals surface area contributed by atoms with Crippen LogP contribution < -0.4 is 5.32 Å². The molecular formula is C17H29N3O2S. The highest BCUT2D eigenvalue weighted by Crippen LogP contribution is 2.23. The lowest BCUT2D eigenvalue weighted by atomic mass is 9.96. The van der Waals surface area contributed by atoms with Crippen LogP contribution in [-0.2, 0) is 4.74 Å². The van der Waals surface area contributed by atoms with Gasteiger partial charge in [0.25, 0.3) is 0 Å². The van der Waals surface area contributed by atoms with Gasteiger partial charge in [-0.15, -0.1) is 11.3 Å². The molecule has 0 spiro atoms. The molecular weight excluding hydrogens is 310 g/mol. The minimum atomic E-state index is -0.419. The van der Waals surface area contributed by atoms with Crippen LogP contribution in [0.5, 0.6) is 0 Å². The Morgan fingerprint density at radius 1 is 1.48 bits per heavy atom. The number of hydrogen-bond donors (Lipinski definition) is 1. The van der Waals surface area contributed by atoms with Crippen molar-refractivity contribution in [3.63, 3.8) is 0 Å². The first-order valence-electron chi connectivity index (χ1n) is 8.37. The van der Waals surface area contributed by atoms with E-state index < -0.39 is 5.60 Å². The molecule has 1 fully saturated rings. The van der Waals surface area contributed by atoms with Crippen LogP contribution in [0.25, 0.3) is 0 Å². The lowest BCUT2D eigenvalue weighted by Gasteiger charge is -2.33. The van der Waals surface area contributed by atoms with E-state index in [2.05, 4.69) is 24.1 Å². The number of likely N-dealkylation sites (tertiary alicyclic amines) is 1. The molecule has 0 radical (unpaired) electrons. The molecule has 1 amide bonds. The second-order valence-electron chi connectivity index (χ2n) is 7.34. The van der Waals surface area contributed by atoms with Crippen molar-refractivity contribution < 1.29 is 9.53 Å². The standard InChI is InChI=1S/C17H29N3O2S/c1-12(15-13(2)19-11-23-15)18-10-14-6-8-20(9-7-14)16(21)22-17(3,4)5/h11-12,14,18H,6-10H2,1-5H3. The van der Waals surface area contributed by atoms with Gasteiger partial charge in [0.1, 0.15) is 5.60 Å². The summed E-state index contributed by atoms with van der Waals surface area (Å²) in [5.74, 6) is 0.615. The molecule has 130 valence electrons. The summed E-state index contributed by atoms with van der Waals surface area (Å²) in [6.07, 6.45) is 1.87. The Hall–Kier alpha value is -1.14. The van der Waals surface area contributed by atoms with Crippen LogP contribution in [0, 0.1) is 12.8 Å². The number of hydrogen-bond acceptors (Lipinski definition) is 5. The van der Waals surface area contributed by atoms with Gasteiger partial charge in [0, 0.05) is 24.0 Å². The summed E-state index contributed by atoms with van der Waals surface area (Å²) in [6.45, 7) is 12.5. The van der Waals surface area contributed by atoms with Crippen molar-refractivity contribution in [2.45, 2.75) is 59.1 Å². The Balaban J connectivity index is 1.73. The topological polar surface area (TPSA) is 54.5 Å². The molecule has 1 unspecified atom stereocenters. The monoisotopic (exact) mass is 339 g/mol. The highest BCUT2D eigenvalue weighted by atomic mass is 32.1. The minimum Gasteiger partial charge on any atom is -0.444 e. The lowest BCUT2D eigenvalue weighted by molar-refractivity contribution is 0.0183. The maximum Gasteiger partial charge on any atom is 0.410 e. The van der Waals surface area contributed by atoms with Crippen LogP contribution >= 0.6 is 11.3 Å². The summed E-state index contributed by atoms with van der Waals surface area (Å²) in [5, 5.41) is 3.61. The summed E-state index contributed by atoms with van der Waals surface area (Å²) >= 11 is 1.71. The molecule has 1 aliphatic heterocycles. The number of aromatic nitrogens is 1. The molecule has 1 aliphatic rings. The third kappa shape index (κ3) is 5.46. The number of piperidine rings is 1. The molecule has 0 aromatic carbocycles. The Morgan fingerprint density at radius 2 is 2.13 bits per heavy atom. The largest absolute Gasteiger partial charge is 0.444 e. The van der Waals surface area contributed by atoms with E-state index in [0.717, 1.165) is 38.2 Å². The molecule has 0 saturated carbocycles. The first-order valence-corrected chi connectivity index (χ1v) is 9.25. The number of nitrogens with zero attached hydrogens (tertiary/aromatic N) is 2.